The molecule has 0 aliphatic heterocycles. The number of allylic oxidation sites excluding steroid dienone is 1. The molecule has 0 bridgehead atoms. The van der Waals surface area contributed by atoms with Crippen molar-refractivity contribution in [1.82, 2.24) is 4.98 Å². The molecule has 14 heavy (non-hydrogen) atoms. The van der Waals surface area contributed by atoms with Crippen molar-refractivity contribution in [2.75, 3.05) is 0 Å². The maximum Gasteiger partial charge on any atom is 0.0462 e. The molecule has 0 radical (unpaired) electrons. The molecule has 0 aliphatic rings. The Bertz CT molecular complexity index is 477. The Morgan fingerprint density at radius 1 is 1.43 bits per heavy atom. The minimum Gasteiger partial charge on any atom is -0.361 e. The molecule has 0 spiro atoms. The van der Waals surface area contributed by atoms with Crippen molar-refractivity contribution < 1.29 is 0 Å². The highest BCUT2D eigenvalue weighted by Crippen LogP contribution is 2.26. The summed E-state index contributed by atoms with van der Waals surface area (Å²) in [4.78, 5) is 3.28. The van der Waals surface area contributed by atoms with Crippen LogP contribution >= 0.6 is 0 Å². The predicted molar refractivity (Wildman–Crippen MR) is 62.4 cm³/mol. The van der Waals surface area contributed by atoms with Crippen LogP contribution in [-0.2, 0) is 0 Å². The summed E-state index contributed by atoms with van der Waals surface area (Å²) in [7, 11) is 0. The molecule has 0 atom stereocenters. The Morgan fingerprint density at radius 2 is 2.21 bits per heavy atom. The van der Waals surface area contributed by atoms with Crippen LogP contribution in [0, 0.1) is 6.92 Å². The van der Waals surface area contributed by atoms with E-state index in [0.717, 1.165) is 6.42 Å². The lowest BCUT2D eigenvalue weighted by Gasteiger charge is -2.00. The summed E-state index contributed by atoms with van der Waals surface area (Å²) in [5, 5.41) is 1.28. The Labute approximate surface area is 84.5 Å². The maximum atomic E-state index is 4.07. The van der Waals surface area contributed by atoms with Crippen molar-refractivity contribution >= 4 is 16.5 Å². The summed E-state index contributed by atoms with van der Waals surface area (Å²) in [5.74, 6) is 0. The van der Waals surface area contributed by atoms with Gasteiger partial charge in [0.1, 0.15) is 0 Å². The van der Waals surface area contributed by atoms with Crippen molar-refractivity contribution in [3.63, 3.8) is 0 Å². The van der Waals surface area contributed by atoms with E-state index in [-0.39, 0.29) is 0 Å². The number of hydrogen-bond donors (Lipinski definition) is 1. The molecule has 1 heterocycles. The Hall–Kier alpha value is -1.50. The van der Waals surface area contributed by atoms with Crippen molar-refractivity contribution in [2.45, 2.75) is 20.3 Å². The van der Waals surface area contributed by atoms with Crippen LogP contribution in [0.1, 0.15) is 24.5 Å². The number of aromatic amines is 1. The Balaban J connectivity index is 2.64. The van der Waals surface area contributed by atoms with Crippen LogP contribution in [-0.4, -0.2) is 4.98 Å². The van der Waals surface area contributed by atoms with Crippen LogP contribution in [0.4, 0.5) is 0 Å². The van der Waals surface area contributed by atoms with Gasteiger partial charge in [-0.2, -0.15) is 0 Å². The molecule has 0 aliphatic carbocycles. The monoisotopic (exact) mass is 185 g/mol. The van der Waals surface area contributed by atoms with E-state index < -0.39 is 0 Å². The summed E-state index contributed by atoms with van der Waals surface area (Å²) in [6, 6.07) is 6.47. The van der Waals surface area contributed by atoms with Gasteiger partial charge in [0.25, 0.3) is 0 Å². The van der Waals surface area contributed by atoms with Crippen LogP contribution in [0.25, 0.3) is 16.5 Å². The van der Waals surface area contributed by atoms with Gasteiger partial charge in [0, 0.05) is 22.7 Å². The third-order valence-corrected chi connectivity index (χ3v) is 2.64. The van der Waals surface area contributed by atoms with Gasteiger partial charge in [0.05, 0.1) is 0 Å². The lowest BCUT2D eigenvalue weighted by Crippen LogP contribution is -1.78. The molecule has 2 rings (SSSR count). The van der Waals surface area contributed by atoms with Crippen molar-refractivity contribution in [1.29, 1.82) is 0 Å². The standard InChI is InChI=1S/C13H15N/c1-4-10(3)12-8-14-13-7-9(2)5-6-11(12)13/h5-8,14H,3-4H2,1-2H3. The van der Waals surface area contributed by atoms with E-state index in [1.165, 1.54) is 27.6 Å². The second-order valence-corrected chi connectivity index (χ2v) is 3.71. The molecular formula is C13H15N. The highest BCUT2D eigenvalue weighted by atomic mass is 14.7. The Kier molecular flexibility index (Phi) is 2.16. The van der Waals surface area contributed by atoms with Gasteiger partial charge in [-0.3, -0.25) is 0 Å². The first-order chi connectivity index (χ1) is 6.72. The van der Waals surface area contributed by atoms with Crippen LogP contribution < -0.4 is 0 Å². The van der Waals surface area contributed by atoms with Gasteiger partial charge in [0.2, 0.25) is 0 Å². The fourth-order valence-corrected chi connectivity index (χ4v) is 1.72. The third-order valence-electron chi connectivity index (χ3n) is 2.64. The molecule has 1 heteroatoms. The molecule has 1 N–H and O–H groups in total. The van der Waals surface area contributed by atoms with Crippen LogP contribution in [0.5, 0.6) is 0 Å². The van der Waals surface area contributed by atoms with Crippen molar-refractivity contribution in [3.05, 3.63) is 42.1 Å². The van der Waals surface area contributed by atoms with Crippen LogP contribution in [0.3, 0.4) is 0 Å². The molecule has 0 amide bonds. The third kappa shape index (κ3) is 1.35. The van der Waals surface area contributed by atoms with Gasteiger partial charge in [-0.05, 0) is 30.5 Å². The molecular weight excluding hydrogens is 170 g/mol. The number of nitrogens with one attached hydrogen (secondary N) is 1. The normalized spacial score (nSPS) is 10.7. The minimum atomic E-state index is 1.00. The topological polar surface area (TPSA) is 15.8 Å². The molecule has 72 valence electrons. The molecule has 2 aromatic rings. The van der Waals surface area contributed by atoms with Crippen LogP contribution in [0.15, 0.2) is 31.0 Å². The maximum absolute atomic E-state index is 4.07. The molecule has 0 fully saturated rings. The van der Waals surface area contributed by atoms with Crippen molar-refractivity contribution in [2.24, 2.45) is 0 Å². The predicted octanol–water partition coefficient (Wildman–Crippen LogP) is 3.90. The highest BCUT2D eigenvalue weighted by Gasteiger charge is 2.04. The first kappa shape index (κ1) is 9.07. The zero-order chi connectivity index (χ0) is 10.1. The summed E-state index contributed by atoms with van der Waals surface area (Å²) >= 11 is 0. The fraction of sp³-hybridized carbons (Fsp3) is 0.231. The van der Waals surface area contributed by atoms with Crippen LogP contribution in [0.2, 0.25) is 0 Å². The minimum absolute atomic E-state index is 1.00. The zero-order valence-electron chi connectivity index (χ0n) is 8.72. The fourth-order valence-electron chi connectivity index (χ4n) is 1.72. The summed E-state index contributed by atoms with van der Waals surface area (Å²) in [6.45, 7) is 8.31. The molecule has 1 aromatic carbocycles. The lowest BCUT2D eigenvalue weighted by molar-refractivity contribution is 1.25. The van der Waals surface area contributed by atoms with Crippen molar-refractivity contribution in [3.8, 4) is 0 Å². The summed E-state index contributed by atoms with van der Waals surface area (Å²) in [6.07, 6.45) is 3.05. The molecule has 0 saturated carbocycles. The second kappa shape index (κ2) is 3.33. The molecule has 1 aromatic heterocycles. The quantitative estimate of drug-likeness (QED) is 0.730. The second-order valence-electron chi connectivity index (χ2n) is 3.71. The van der Waals surface area contributed by atoms with Gasteiger partial charge >= 0.3 is 0 Å². The van der Waals surface area contributed by atoms with E-state index in [9.17, 15) is 0 Å². The van der Waals surface area contributed by atoms with Gasteiger partial charge in [-0.15, -0.1) is 0 Å². The lowest BCUT2D eigenvalue weighted by atomic mass is 10.0. The number of benzene rings is 1. The van der Waals surface area contributed by atoms with Gasteiger partial charge in [-0.1, -0.05) is 25.6 Å². The summed E-state index contributed by atoms with van der Waals surface area (Å²) < 4.78 is 0. The number of rotatable bonds is 2. The van der Waals surface area contributed by atoms with E-state index in [4.69, 9.17) is 0 Å². The average Bonchev–Trinajstić information content (AvgIpc) is 2.59. The molecule has 1 nitrogen and oxygen atoms in total. The molecule has 0 unspecified atom stereocenters. The zero-order valence-corrected chi connectivity index (χ0v) is 8.72. The van der Waals surface area contributed by atoms with E-state index in [1.807, 2.05) is 0 Å². The van der Waals surface area contributed by atoms with E-state index >= 15 is 0 Å². The largest absolute Gasteiger partial charge is 0.361 e. The SMILES string of the molecule is C=C(CC)c1c[nH]c2cc(C)ccc12. The number of fused-ring (bicyclic) bond motifs is 1. The first-order valence-electron chi connectivity index (χ1n) is 4.98. The average molecular weight is 185 g/mol. The van der Waals surface area contributed by atoms with E-state index in [1.54, 1.807) is 0 Å². The smallest absolute Gasteiger partial charge is 0.0462 e. The highest BCUT2D eigenvalue weighted by molar-refractivity contribution is 5.92. The van der Waals surface area contributed by atoms with E-state index in [2.05, 4.69) is 49.8 Å². The Morgan fingerprint density at radius 3 is 2.93 bits per heavy atom. The van der Waals surface area contributed by atoms with E-state index in [0.29, 0.717) is 0 Å². The number of aryl methyl sites for hydroxylation is 1. The number of hydrogen-bond acceptors (Lipinski definition) is 0. The van der Waals surface area contributed by atoms with Gasteiger partial charge < -0.3 is 4.98 Å². The van der Waals surface area contributed by atoms with Gasteiger partial charge in [0.15, 0.2) is 0 Å². The summed E-state index contributed by atoms with van der Waals surface area (Å²) in [5.41, 5.74) is 4.94. The van der Waals surface area contributed by atoms with Gasteiger partial charge in [-0.25, -0.2) is 0 Å². The first-order valence-corrected chi connectivity index (χ1v) is 4.98. The number of aromatic nitrogens is 1. The number of H-pyrrole nitrogens is 1. The molecule has 0 saturated heterocycles.